The highest BCUT2D eigenvalue weighted by molar-refractivity contribution is 7.98. The first-order valence-electron chi connectivity index (χ1n) is 7.81. The number of nitrogens with zero attached hydrogens (tertiary/aromatic N) is 3. The van der Waals surface area contributed by atoms with Gasteiger partial charge in [-0.05, 0) is 36.1 Å². The van der Waals surface area contributed by atoms with Crippen molar-refractivity contribution in [2.75, 3.05) is 32.4 Å². The number of benzene rings is 1. The van der Waals surface area contributed by atoms with E-state index in [9.17, 15) is 0 Å². The fourth-order valence-corrected chi connectivity index (χ4v) is 3.22. The molecule has 1 saturated heterocycles. The third-order valence-electron chi connectivity index (χ3n) is 4.14. The molecule has 1 aromatic heterocycles. The van der Waals surface area contributed by atoms with Crippen LogP contribution in [0.1, 0.15) is 11.3 Å². The van der Waals surface area contributed by atoms with Gasteiger partial charge in [0.1, 0.15) is 0 Å². The highest BCUT2D eigenvalue weighted by Crippen LogP contribution is 2.16. The van der Waals surface area contributed by atoms with Crippen molar-refractivity contribution in [2.24, 2.45) is 0 Å². The number of aromatic nitrogens is 1. The molecule has 0 bridgehead atoms. The third kappa shape index (κ3) is 4.32. The van der Waals surface area contributed by atoms with E-state index in [1.54, 1.807) is 11.8 Å². The van der Waals surface area contributed by atoms with Crippen LogP contribution in [0, 0.1) is 0 Å². The SMILES string of the molecule is CSc1ccc(CN2CCN(Cc3ccccn3)CC2)cc1. The zero-order chi connectivity index (χ0) is 15.2. The summed E-state index contributed by atoms with van der Waals surface area (Å²) in [6.45, 7) is 6.55. The fraction of sp³-hybridized carbons (Fsp3) is 0.389. The average molecular weight is 313 g/mol. The number of pyridine rings is 1. The minimum Gasteiger partial charge on any atom is -0.297 e. The van der Waals surface area contributed by atoms with Crippen molar-refractivity contribution >= 4 is 11.8 Å². The molecular formula is C18H23N3S. The van der Waals surface area contributed by atoms with Crippen LogP contribution in [0.15, 0.2) is 53.6 Å². The molecule has 0 aliphatic carbocycles. The van der Waals surface area contributed by atoms with E-state index in [0.29, 0.717) is 0 Å². The van der Waals surface area contributed by atoms with E-state index in [4.69, 9.17) is 0 Å². The second-order valence-electron chi connectivity index (χ2n) is 5.72. The van der Waals surface area contributed by atoms with Gasteiger partial charge in [0.05, 0.1) is 5.69 Å². The van der Waals surface area contributed by atoms with Crippen LogP contribution >= 0.6 is 11.8 Å². The first-order chi connectivity index (χ1) is 10.8. The molecule has 0 N–H and O–H groups in total. The lowest BCUT2D eigenvalue weighted by molar-refractivity contribution is 0.121. The lowest BCUT2D eigenvalue weighted by Crippen LogP contribution is -2.45. The number of hydrogen-bond donors (Lipinski definition) is 0. The average Bonchev–Trinajstić information content (AvgIpc) is 2.58. The van der Waals surface area contributed by atoms with Gasteiger partial charge in [-0.3, -0.25) is 14.8 Å². The van der Waals surface area contributed by atoms with Gasteiger partial charge >= 0.3 is 0 Å². The number of hydrogen-bond acceptors (Lipinski definition) is 4. The van der Waals surface area contributed by atoms with Crippen LogP contribution in [0.3, 0.4) is 0 Å². The van der Waals surface area contributed by atoms with Crippen LogP contribution in [0.4, 0.5) is 0 Å². The van der Waals surface area contributed by atoms with Crippen molar-refractivity contribution in [2.45, 2.75) is 18.0 Å². The van der Waals surface area contributed by atoms with E-state index in [0.717, 1.165) is 39.3 Å². The highest BCUT2D eigenvalue weighted by atomic mass is 32.2. The molecule has 0 saturated carbocycles. The Morgan fingerprint density at radius 2 is 1.59 bits per heavy atom. The van der Waals surface area contributed by atoms with Crippen LogP contribution in [-0.2, 0) is 13.1 Å². The van der Waals surface area contributed by atoms with Crippen molar-refractivity contribution in [1.29, 1.82) is 0 Å². The van der Waals surface area contributed by atoms with Gasteiger partial charge < -0.3 is 0 Å². The Morgan fingerprint density at radius 3 is 2.18 bits per heavy atom. The van der Waals surface area contributed by atoms with E-state index in [1.807, 2.05) is 12.3 Å². The molecule has 1 aromatic carbocycles. The van der Waals surface area contributed by atoms with Crippen LogP contribution < -0.4 is 0 Å². The Labute approximate surface area is 137 Å². The molecule has 2 heterocycles. The van der Waals surface area contributed by atoms with E-state index < -0.39 is 0 Å². The molecule has 116 valence electrons. The maximum Gasteiger partial charge on any atom is 0.0543 e. The predicted octanol–water partition coefficient (Wildman–Crippen LogP) is 3.12. The summed E-state index contributed by atoms with van der Waals surface area (Å²) >= 11 is 1.80. The van der Waals surface area contributed by atoms with Gasteiger partial charge in [0.2, 0.25) is 0 Å². The lowest BCUT2D eigenvalue weighted by atomic mass is 10.2. The second-order valence-corrected chi connectivity index (χ2v) is 6.60. The van der Waals surface area contributed by atoms with Gasteiger partial charge in [0.15, 0.2) is 0 Å². The zero-order valence-corrected chi connectivity index (χ0v) is 13.9. The zero-order valence-electron chi connectivity index (χ0n) is 13.1. The van der Waals surface area contributed by atoms with Crippen molar-refractivity contribution < 1.29 is 0 Å². The van der Waals surface area contributed by atoms with Crippen LogP contribution in [-0.4, -0.2) is 47.2 Å². The molecule has 1 fully saturated rings. The summed E-state index contributed by atoms with van der Waals surface area (Å²) < 4.78 is 0. The monoisotopic (exact) mass is 313 g/mol. The molecule has 3 nitrogen and oxygen atoms in total. The molecule has 0 radical (unpaired) electrons. The molecular weight excluding hydrogens is 290 g/mol. The van der Waals surface area contributed by atoms with Gasteiger partial charge in [-0.1, -0.05) is 18.2 Å². The Kier molecular flexibility index (Phi) is 5.48. The molecule has 1 aliphatic heterocycles. The molecule has 3 rings (SSSR count). The Morgan fingerprint density at radius 1 is 0.909 bits per heavy atom. The first kappa shape index (κ1) is 15.5. The van der Waals surface area contributed by atoms with Gasteiger partial charge in [-0.15, -0.1) is 11.8 Å². The topological polar surface area (TPSA) is 19.4 Å². The summed E-state index contributed by atoms with van der Waals surface area (Å²) in [5.41, 5.74) is 2.58. The van der Waals surface area contributed by atoms with Crippen LogP contribution in [0.2, 0.25) is 0 Å². The van der Waals surface area contributed by atoms with Crippen molar-refractivity contribution in [3.05, 3.63) is 59.9 Å². The summed E-state index contributed by atoms with van der Waals surface area (Å²) in [7, 11) is 0. The lowest BCUT2D eigenvalue weighted by Gasteiger charge is -2.34. The maximum absolute atomic E-state index is 4.42. The van der Waals surface area contributed by atoms with Crippen LogP contribution in [0.25, 0.3) is 0 Å². The molecule has 0 amide bonds. The molecule has 0 unspecified atom stereocenters. The molecule has 2 aromatic rings. The third-order valence-corrected chi connectivity index (χ3v) is 4.89. The minimum absolute atomic E-state index is 0.969. The summed E-state index contributed by atoms with van der Waals surface area (Å²) in [5, 5.41) is 0. The summed E-state index contributed by atoms with van der Waals surface area (Å²) in [6.07, 6.45) is 4.00. The van der Waals surface area contributed by atoms with Crippen LogP contribution in [0.5, 0.6) is 0 Å². The van der Waals surface area contributed by atoms with E-state index >= 15 is 0 Å². The standard InChI is InChI=1S/C18H23N3S/c1-22-18-7-5-16(6-8-18)14-20-10-12-21(13-11-20)15-17-4-2-3-9-19-17/h2-9H,10-15H2,1H3. The fourth-order valence-electron chi connectivity index (χ4n) is 2.82. The van der Waals surface area contributed by atoms with Gasteiger partial charge in [0.25, 0.3) is 0 Å². The molecule has 4 heteroatoms. The second kappa shape index (κ2) is 7.77. The number of piperazine rings is 1. The molecule has 0 spiro atoms. The quantitative estimate of drug-likeness (QED) is 0.790. The normalized spacial score (nSPS) is 16.8. The van der Waals surface area contributed by atoms with E-state index in [-0.39, 0.29) is 0 Å². The van der Waals surface area contributed by atoms with Crippen molar-refractivity contribution in [3.8, 4) is 0 Å². The summed E-state index contributed by atoms with van der Waals surface area (Å²) in [4.78, 5) is 10.8. The largest absolute Gasteiger partial charge is 0.297 e. The molecule has 1 aliphatic rings. The molecule has 22 heavy (non-hydrogen) atoms. The maximum atomic E-state index is 4.42. The number of thioether (sulfide) groups is 1. The van der Waals surface area contributed by atoms with Gasteiger partial charge in [0, 0.05) is 50.4 Å². The highest BCUT2D eigenvalue weighted by Gasteiger charge is 2.17. The predicted molar refractivity (Wildman–Crippen MR) is 93.0 cm³/mol. The Bertz CT molecular complexity index is 563. The van der Waals surface area contributed by atoms with Gasteiger partial charge in [-0.25, -0.2) is 0 Å². The van der Waals surface area contributed by atoms with E-state index in [1.165, 1.54) is 16.2 Å². The number of rotatable bonds is 5. The Balaban J connectivity index is 1.47. The van der Waals surface area contributed by atoms with E-state index in [2.05, 4.69) is 57.4 Å². The summed E-state index contributed by atoms with van der Waals surface area (Å²) in [5.74, 6) is 0. The van der Waals surface area contributed by atoms with Gasteiger partial charge in [-0.2, -0.15) is 0 Å². The Hall–Kier alpha value is -1.36. The van der Waals surface area contributed by atoms with Crippen molar-refractivity contribution in [1.82, 2.24) is 14.8 Å². The smallest absolute Gasteiger partial charge is 0.0543 e. The summed E-state index contributed by atoms with van der Waals surface area (Å²) in [6, 6.07) is 15.1. The first-order valence-corrected chi connectivity index (χ1v) is 9.03. The molecule has 0 atom stereocenters. The minimum atomic E-state index is 0.969. The van der Waals surface area contributed by atoms with Crippen molar-refractivity contribution in [3.63, 3.8) is 0 Å².